The second-order valence-corrected chi connectivity index (χ2v) is 6.08. The molecule has 0 spiro atoms. The van der Waals surface area contributed by atoms with Gasteiger partial charge in [-0.05, 0) is 29.0 Å². The van der Waals surface area contributed by atoms with Gasteiger partial charge in [-0.25, -0.2) is 4.98 Å². The molecule has 3 rings (SSSR count). The first kappa shape index (κ1) is 13.7. The van der Waals surface area contributed by atoms with E-state index in [1.54, 1.807) is 0 Å². The maximum atomic E-state index is 6.05. The van der Waals surface area contributed by atoms with Gasteiger partial charge in [0.2, 0.25) is 0 Å². The Kier molecular flexibility index (Phi) is 3.81. The Morgan fingerprint density at radius 2 is 2.15 bits per heavy atom. The summed E-state index contributed by atoms with van der Waals surface area (Å²) in [4.78, 5) is 4.20. The normalized spacial score (nSPS) is 15.6. The summed E-state index contributed by atoms with van der Waals surface area (Å²) < 4.78 is 5.97. The van der Waals surface area contributed by atoms with Crippen molar-refractivity contribution in [3.05, 3.63) is 35.1 Å². The van der Waals surface area contributed by atoms with E-state index in [-0.39, 0.29) is 0 Å². The predicted octanol–water partition coefficient (Wildman–Crippen LogP) is 3.61. The summed E-state index contributed by atoms with van der Waals surface area (Å²) in [7, 11) is 0. The van der Waals surface area contributed by atoms with E-state index >= 15 is 0 Å². The Morgan fingerprint density at radius 1 is 1.35 bits per heavy atom. The number of halogens is 1. The van der Waals surface area contributed by atoms with Gasteiger partial charge in [-0.1, -0.05) is 31.5 Å². The zero-order valence-corrected chi connectivity index (χ0v) is 12.6. The molecule has 1 aliphatic heterocycles. The molecule has 4 heteroatoms. The van der Waals surface area contributed by atoms with Crippen molar-refractivity contribution in [1.82, 2.24) is 10.3 Å². The fourth-order valence-corrected chi connectivity index (χ4v) is 2.67. The van der Waals surface area contributed by atoms with Gasteiger partial charge in [0.05, 0.1) is 6.61 Å². The summed E-state index contributed by atoms with van der Waals surface area (Å²) in [5.74, 6) is 1.97. The number of pyridine rings is 1. The minimum absolute atomic E-state index is 0.445. The first-order valence-corrected chi connectivity index (χ1v) is 7.44. The molecular weight excluding hydrogens is 272 g/mol. The van der Waals surface area contributed by atoms with Crippen LogP contribution in [-0.2, 0) is 0 Å². The molecule has 0 bridgehead atoms. The van der Waals surface area contributed by atoms with Crippen LogP contribution < -0.4 is 10.1 Å². The molecule has 106 valence electrons. The maximum absolute atomic E-state index is 6.05. The van der Waals surface area contributed by atoms with Gasteiger partial charge in [0.15, 0.2) is 0 Å². The molecule has 0 atom stereocenters. The number of ether oxygens (including phenoxy) is 1. The van der Waals surface area contributed by atoms with Gasteiger partial charge in [0.1, 0.15) is 10.9 Å². The molecule has 1 aromatic heterocycles. The first-order chi connectivity index (χ1) is 9.65. The number of nitrogens with zero attached hydrogens (tertiary/aromatic N) is 1. The van der Waals surface area contributed by atoms with E-state index in [9.17, 15) is 0 Å². The quantitative estimate of drug-likeness (QED) is 0.874. The third-order valence-corrected chi connectivity index (χ3v) is 4.03. The molecule has 1 N–H and O–H groups in total. The predicted molar refractivity (Wildman–Crippen MR) is 82.7 cm³/mol. The van der Waals surface area contributed by atoms with E-state index in [2.05, 4.69) is 36.3 Å². The second kappa shape index (κ2) is 5.58. The lowest BCUT2D eigenvalue weighted by Crippen LogP contribution is -2.45. The Hall–Kier alpha value is -1.32. The minimum Gasteiger partial charge on any atom is -0.492 e. The van der Waals surface area contributed by atoms with Crippen LogP contribution in [0.2, 0.25) is 5.15 Å². The molecule has 2 aromatic rings. The zero-order chi connectivity index (χ0) is 14.1. The monoisotopic (exact) mass is 290 g/mol. The smallest absolute Gasteiger partial charge is 0.129 e. The molecule has 0 amide bonds. The van der Waals surface area contributed by atoms with Crippen molar-refractivity contribution in [2.45, 2.75) is 19.8 Å². The van der Waals surface area contributed by atoms with E-state index in [0.29, 0.717) is 17.0 Å². The van der Waals surface area contributed by atoms with Crippen LogP contribution in [-0.4, -0.2) is 24.7 Å². The Bertz CT molecular complexity index is 623. The van der Waals surface area contributed by atoms with Gasteiger partial charge < -0.3 is 10.1 Å². The van der Waals surface area contributed by atoms with Gasteiger partial charge in [-0.15, -0.1) is 0 Å². The molecule has 0 saturated carbocycles. The zero-order valence-electron chi connectivity index (χ0n) is 11.8. The van der Waals surface area contributed by atoms with Gasteiger partial charge in [-0.3, -0.25) is 0 Å². The molecule has 1 saturated heterocycles. The second-order valence-electron chi connectivity index (χ2n) is 5.70. The molecule has 20 heavy (non-hydrogen) atoms. The first-order valence-electron chi connectivity index (χ1n) is 7.07. The highest BCUT2D eigenvalue weighted by molar-refractivity contribution is 6.30. The molecule has 0 unspecified atom stereocenters. The summed E-state index contributed by atoms with van der Waals surface area (Å²) in [6, 6.07) is 6.13. The van der Waals surface area contributed by atoms with E-state index in [4.69, 9.17) is 16.3 Å². The van der Waals surface area contributed by atoms with Crippen LogP contribution in [0.15, 0.2) is 24.4 Å². The lowest BCUT2D eigenvalue weighted by Gasteiger charge is -2.27. The van der Waals surface area contributed by atoms with Gasteiger partial charge in [0.25, 0.3) is 0 Å². The molecule has 1 aromatic carbocycles. The number of fused-ring (bicyclic) bond motifs is 1. The minimum atomic E-state index is 0.445. The van der Waals surface area contributed by atoms with Crippen LogP contribution in [0, 0.1) is 5.92 Å². The Labute approximate surface area is 124 Å². The summed E-state index contributed by atoms with van der Waals surface area (Å²) in [5.41, 5.74) is 1.28. The van der Waals surface area contributed by atoms with Crippen LogP contribution in [0.3, 0.4) is 0 Å². The molecular formula is C16H19ClN2O. The largest absolute Gasteiger partial charge is 0.492 e. The lowest BCUT2D eigenvalue weighted by atomic mass is 9.96. The fraction of sp³-hybridized carbons (Fsp3) is 0.438. The highest BCUT2D eigenvalue weighted by Crippen LogP contribution is 2.33. The number of benzene rings is 1. The number of hydrogen-bond donors (Lipinski definition) is 1. The summed E-state index contributed by atoms with van der Waals surface area (Å²) in [6.45, 7) is 7.22. The number of hydrogen-bond acceptors (Lipinski definition) is 3. The van der Waals surface area contributed by atoms with Crippen molar-refractivity contribution < 1.29 is 4.74 Å². The highest BCUT2D eigenvalue weighted by atomic mass is 35.5. The molecule has 0 radical (unpaired) electrons. The van der Waals surface area contributed by atoms with Crippen molar-refractivity contribution in [3.63, 3.8) is 0 Å². The maximum Gasteiger partial charge on any atom is 0.129 e. The van der Waals surface area contributed by atoms with Crippen molar-refractivity contribution in [2.75, 3.05) is 19.7 Å². The van der Waals surface area contributed by atoms with Gasteiger partial charge in [0, 0.05) is 30.6 Å². The average Bonchev–Trinajstić information content (AvgIpc) is 2.36. The molecule has 3 nitrogen and oxygen atoms in total. The molecule has 1 aliphatic rings. The molecule has 1 fully saturated rings. The Morgan fingerprint density at radius 3 is 2.80 bits per heavy atom. The third kappa shape index (κ3) is 2.60. The van der Waals surface area contributed by atoms with Crippen molar-refractivity contribution in [3.8, 4) is 5.75 Å². The van der Waals surface area contributed by atoms with Crippen molar-refractivity contribution in [1.29, 1.82) is 0 Å². The van der Waals surface area contributed by atoms with Crippen LogP contribution in [0.1, 0.15) is 25.3 Å². The Balaban J connectivity index is 1.98. The topological polar surface area (TPSA) is 34.1 Å². The summed E-state index contributed by atoms with van der Waals surface area (Å²) >= 11 is 6.05. The number of rotatable bonds is 4. The standard InChI is InChI=1S/C16H19ClN2O/c1-10(2)12-3-4-15(20-9-11-6-18-7-11)14-8-19-16(17)5-13(12)14/h3-5,8,10-11,18H,6-7,9H2,1-2H3. The molecule has 0 aliphatic carbocycles. The SMILES string of the molecule is CC(C)c1ccc(OCC2CNC2)c2cnc(Cl)cc12. The van der Waals surface area contributed by atoms with Gasteiger partial charge >= 0.3 is 0 Å². The van der Waals surface area contributed by atoms with Crippen LogP contribution in [0.4, 0.5) is 0 Å². The highest BCUT2D eigenvalue weighted by Gasteiger charge is 2.18. The fourth-order valence-electron chi connectivity index (χ4n) is 2.51. The molecule has 2 heterocycles. The van der Waals surface area contributed by atoms with Gasteiger partial charge in [-0.2, -0.15) is 0 Å². The number of aromatic nitrogens is 1. The summed E-state index contributed by atoms with van der Waals surface area (Å²) in [5, 5.41) is 5.98. The van der Waals surface area contributed by atoms with E-state index < -0.39 is 0 Å². The van der Waals surface area contributed by atoms with E-state index in [0.717, 1.165) is 36.2 Å². The van der Waals surface area contributed by atoms with Crippen LogP contribution in [0.25, 0.3) is 10.8 Å². The third-order valence-electron chi connectivity index (χ3n) is 3.82. The van der Waals surface area contributed by atoms with E-state index in [1.807, 2.05) is 12.3 Å². The van der Waals surface area contributed by atoms with E-state index in [1.165, 1.54) is 5.56 Å². The van der Waals surface area contributed by atoms with Crippen molar-refractivity contribution in [2.24, 2.45) is 5.92 Å². The number of nitrogens with one attached hydrogen (secondary N) is 1. The average molecular weight is 291 g/mol. The lowest BCUT2D eigenvalue weighted by molar-refractivity contribution is 0.201. The summed E-state index contributed by atoms with van der Waals surface area (Å²) in [6.07, 6.45) is 1.82. The van der Waals surface area contributed by atoms with Crippen LogP contribution in [0.5, 0.6) is 5.75 Å². The van der Waals surface area contributed by atoms with Crippen molar-refractivity contribution >= 4 is 22.4 Å². The van der Waals surface area contributed by atoms with Crippen LogP contribution >= 0.6 is 11.6 Å².